The van der Waals surface area contributed by atoms with Gasteiger partial charge in [-0.1, -0.05) is 60.7 Å². The van der Waals surface area contributed by atoms with Gasteiger partial charge in [0, 0.05) is 0 Å². The molecule has 2 heterocycles. The lowest BCUT2D eigenvalue weighted by Crippen LogP contribution is -2.48. The lowest BCUT2D eigenvalue weighted by molar-refractivity contribution is -0.139. The second kappa shape index (κ2) is 8.94. The summed E-state index contributed by atoms with van der Waals surface area (Å²) in [5, 5.41) is 3.40. The third kappa shape index (κ3) is 4.19. The number of imide groups is 1. The number of urea groups is 1. The summed E-state index contributed by atoms with van der Waals surface area (Å²) in [5.41, 5.74) is 3.24. The van der Waals surface area contributed by atoms with E-state index in [2.05, 4.69) is 15.7 Å². The summed E-state index contributed by atoms with van der Waals surface area (Å²) in [6, 6.07) is 24.9. The quantitative estimate of drug-likeness (QED) is 0.405. The van der Waals surface area contributed by atoms with Crippen LogP contribution < -0.4 is 15.5 Å². The number of imidazole rings is 1. The maximum atomic E-state index is 13.1. The van der Waals surface area contributed by atoms with Crippen molar-refractivity contribution in [2.45, 2.75) is 25.6 Å². The van der Waals surface area contributed by atoms with Gasteiger partial charge in [-0.25, -0.2) is 9.78 Å². The largest absolute Gasteiger partial charge is 0.486 e. The van der Waals surface area contributed by atoms with Crippen molar-refractivity contribution in [1.29, 1.82) is 0 Å². The fraction of sp³-hybridized carbons (Fsp3) is 0.154. The summed E-state index contributed by atoms with van der Waals surface area (Å²) in [6.07, 6.45) is 0. The van der Waals surface area contributed by atoms with Crippen LogP contribution in [-0.2, 0) is 28.3 Å². The van der Waals surface area contributed by atoms with Crippen LogP contribution in [0.3, 0.4) is 0 Å². The Labute approximate surface area is 201 Å². The molecule has 9 heteroatoms. The minimum absolute atomic E-state index is 0.140. The van der Waals surface area contributed by atoms with Crippen LogP contribution in [0.4, 0.5) is 4.79 Å². The second-order valence-corrected chi connectivity index (χ2v) is 8.30. The van der Waals surface area contributed by atoms with Gasteiger partial charge in [0.15, 0.2) is 0 Å². The maximum absolute atomic E-state index is 13.1. The summed E-state index contributed by atoms with van der Waals surface area (Å²) in [6.45, 7) is 1.59. The minimum Gasteiger partial charge on any atom is -0.486 e. The lowest BCUT2D eigenvalue weighted by atomic mass is 9.92. The number of fused-ring (bicyclic) bond motifs is 1. The number of nitrogens with zero attached hydrogens (tertiary/aromatic N) is 3. The van der Waals surface area contributed by atoms with Crippen LogP contribution >= 0.6 is 0 Å². The number of hydrogen-bond acceptors (Lipinski definition) is 5. The zero-order valence-electron chi connectivity index (χ0n) is 19.0. The van der Waals surface area contributed by atoms with Gasteiger partial charge in [0.1, 0.15) is 30.3 Å². The third-order valence-corrected chi connectivity index (χ3v) is 5.92. The van der Waals surface area contributed by atoms with E-state index >= 15 is 0 Å². The van der Waals surface area contributed by atoms with Crippen molar-refractivity contribution in [3.63, 3.8) is 0 Å². The summed E-state index contributed by atoms with van der Waals surface area (Å²) in [4.78, 5) is 43.3. The third-order valence-electron chi connectivity index (χ3n) is 5.92. The second-order valence-electron chi connectivity index (χ2n) is 8.30. The lowest BCUT2D eigenvalue weighted by Gasteiger charge is -2.22. The predicted octanol–water partition coefficient (Wildman–Crippen LogP) is 3.11. The summed E-state index contributed by atoms with van der Waals surface area (Å²) < 4.78 is 7.55. The van der Waals surface area contributed by atoms with E-state index in [0.717, 1.165) is 10.5 Å². The number of hydrazine groups is 1. The number of amides is 4. The topological polar surface area (TPSA) is 106 Å². The van der Waals surface area contributed by atoms with Crippen LogP contribution in [-0.4, -0.2) is 32.4 Å². The molecule has 1 atom stereocenters. The van der Waals surface area contributed by atoms with Crippen molar-refractivity contribution in [3.8, 4) is 5.75 Å². The van der Waals surface area contributed by atoms with Gasteiger partial charge in [0.25, 0.3) is 11.8 Å². The number of hydrogen-bond donors (Lipinski definition) is 2. The first kappa shape index (κ1) is 22.1. The number of carbonyl (C=O) groups excluding carboxylic acids is 3. The molecule has 4 amide bonds. The summed E-state index contributed by atoms with van der Waals surface area (Å²) in [5.74, 6) is 0.103. The van der Waals surface area contributed by atoms with Crippen molar-refractivity contribution in [2.24, 2.45) is 0 Å². The molecule has 1 fully saturated rings. The molecule has 176 valence electrons. The van der Waals surface area contributed by atoms with Gasteiger partial charge in [-0.2, -0.15) is 5.01 Å². The van der Waals surface area contributed by atoms with E-state index < -0.39 is 23.4 Å². The van der Waals surface area contributed by atoms with E-state index in [4.69, 9.17) is 4.74 Å². The fourth-order valence-electron chi connectivity index (χ4n) is 4.09. The number of aromatic nitrogens is 2. The average molecular weight is 470 g/mol. The number of nitrogens with one attached hydrogen (secondary N) is 2. The summed E-state index contributed by atoms with van der Waals surface area (Å²) >= 11 is 0. The molecule has 1 aliphatic heterocycles. The number of ether oxygens (including phenoxy) is 1. The first-order valence-corrected chi connectivity index (χ1v) is 11.1. The molecule has 0 saturated carbocycles. The van der Waals surface area contributed by atoms with Gasteiger partial charge in [0.05, 0.1) is 11.0 Å². The Morgan fingerprint density at radius 1 is 0.971 bits per heavy atom. The Kier molecular flexibility index (Phi) is 5.66. The van der Waals surface area contributed by atoms with E-state index in [0.29, 0.717) is 22.7 Å². The molecule has 0 spiro atoms. The predicted molar refractivity (Wildman–Crippen MR) is 128 cm³/mol. The van der Waals surface area contributed by atoms with Crippen LogP contribution in [0.5, 0.6) is 5.75 Å². The highest BCUT2D eigenvalue weighted by atomic mass is 16.5. The maximum Gasteiger partial charge on any atom is 0.344 e. The highest BCUT2D eigenvalue weighted by Crippen LogP contribution is 2.27. The van der Waals surface area contributed by atoms with Gasteiger partial charge in [-0.05, 0) is 36.8 Å². The van der Waals surface area contributed by atoms with Gasteiger partial charge in [0.2, 0.25) is 0 Å². The van der Waals surface area contributed by atoms with Crippen LogP contribution in [0.1, 0.15) is 18.3 Å². The fourth-order valence-corrected chi connectivity index (χ4v) is 4.09. The van der Waals surface area contributed by atoms with Crippen molar-refractivity contribution < 1.29 is 19.1 Å². The highest BCUT2D eigenvalue weighted by molar-refractivity contribution is 6.08. The molecule has 5 rings (SSSR count). The van der Waals surface area contributed by atoms with Crippen molar-refractivity contribution in [3.05, 3.63) is 96.3 Å². The van der Waals surface area contributed by atoms with Crippen molar-refractivity contribution >= 4 is 28.9 Å². The molecule has 35 heavy (non-hydrogen) atoms. The first-order chi connectivity index (χ1) is 17.0. The molecule has 0 radical (unpaired) electrons. The molecular formula is C26H23N5O4. The monoisotopic (exact) mass is 469 g/mol. The SMILES string of the molecule is C[C@]1(c2ccccc2)NC(=O)N(NC(=O)Cn2c(COc3ccccc3)nc3ccccc32)C1=O. The molecule has 0 bridgehead atoms. The zero-order chi connectivity index (χ0) is 24.4. The van der Waals surface area contributed by atoms with E-state index in [1.54, 1.807) is 35.8 Å². The van der Waals surface area contributed by atoms with E-state index in [9.17, 15) is 14.4 Å². The molecular weight excluding hydrogens is 446 g/mol. The van der Waals surface area contributed by atoms with Gasteiger partial charge in [-0.3, -0.25) is 15.0 Å². The Morgan fingerprint density at radius 2 is 1.63 bits per heavy atom. The molecule has 9 nitrogen and oxygen atoms in total. The number of rotatable bonds is 7. The van der Waals surface area contributed by atoms with Gasteiger partial charge in [-0.15, -0.1) is 0 Å². The molecule has 0 aliphatic carbocycles. The number of para-hydroxylation sites is 3. The number of carbonyl (C=O) groups is 3. The molecule has 1 saturated heterocycles. The standard InChI is InChI=1S/C26H23N5O4/c1-26(18-10-4-2-5-11-18)24(33)31(25(34)28-26)29-23(32)16-30-21-15-9-8-14-20(21)27-22(30)17-35-19-12-6-3-7-13-19/h2-15H,16-17H2,1H3,(H,28,34)(H,29,32)/t26-/m1/s1. The molecule has 3 aromatic carbocycles. The zero-order valence-corrected chi connectivity index (χ0v) is 19.0. The van der Waals surface area contributed by atoms with Crippen LogP contribution in [0.2, 0.25) is 0 Å². The normalized spacial score (nSPS) is 17.5. The Balaban J connectivity index is 1.35. The van der Waals surface area contributed by atoms with Gasteiger partial charge < -0.3 is 14.6 Å². The summed E-state index contributed by atoms with van der Waals surface area (Å²) in [7, 11) is 0. The highest BCUT2D eigenvalue weighted by Gasteiger charge is 2.50. The van der Waals surface area contributed by atoms with Crippen LogP contribution in [0.25, 0.3) is 11.0 Å². The molecule has 0 unspecified atom stereocenters. The molecule has 1 aliphatic rings. The number of benzene rings is 3. The van der Waals surface area contributed by atoms with Crippen molar-refractivity contribution in [2.75, 3.05) is 0 Å². The van der Waals surface area contributed by atoms with E-state index in [1.165, 1.54) is 0 Å². The molecule has 1 aromatic heterocycles. The minimum atomic E-state index is -1.28. The van der Waals surface area contributed by atoms with Crippen LogP contribution in [0.15, 0.2) is 84.9 Å². The Hall–Kier alpha value is -4.66. The molecule has 4 aromatic rings. The van der Waals surface area contributed by atoms with Crippen molar-refractivity contribution in [1.82, 2.24) is 25.3 Å². The Morgan fingerprint density at radius 3 is 2.37 bits per heavy atom. The first-order valence-electron chi connectivity index (χ1n) is 11.1. The van der Waals surface area contributed by atoms with E-state index in [-0.39, 0.29) is 13.2 Å². The molecule has 2 N–H and O–H groups in total. The van der Waals surface area contributed by atoms with Crippen LogP contribution in [0, 0.1) is 0 Å². The Bertz CT molecular complexity index is 1400. The van der Waals surface area contributed by atoms with Gasteiger partial charge >= 0.3 is 6.03 Å². The smallest absolute Gasteiger partial charge is 0.344 e. The average Bonchev–Trinajstić information content (AvgIpc) is 3.33. The van der Waals surface area contributed by atoms with E-state index in [1.807, 2.05) is 60.7 Å².